The van der Waals surface area contributed by atoms with Crippen molar-refractivity contribution in [3.8, 4) is 0 Å². The van der Waals surface area contributed by atoms with E-state index in [4.69, 9.17) is 0 Å². The van der Waals surface area contributed by atoms with E-state index in [1.165, 1.54) is 0 Å². The van der Waals surface area contributed by atoms with E-state index in [0.29, 0.717) is 0 Å². The first-order valence-corrected chi connectivity index (χ1v) is 6.97. The molecule has 1 rings (SSSR count). The predicted molar refractivity (Wildman–Crippen MR) is 65.0 cm³/mol. The number of hydrogen-bond acceptors (Lipinski definition) is 7. The van der Waals surface area contributed by atoms with Crippen molar-refractivity contribution in [3.63, 3.8) is 0 Å². The molecule has 14 heteroatoms. The lowest BCUT2D eigenvalue weighted by molar-refractivity contribution is -0.355. The van der Waals surface area contributed by atoms with Crippen LogP contribution < -0.4 is 0 Å². The first kappa shape index (κ1) is 22.8. The van der Waals surface area contributed by atoms with Gasteiger partial charge in [-0.1, -0.05) is 0 Å². The molecule has 1 saturated heterocycles. The van der Waals surface area contributed by atoms with Crippen molar-refractivity contribution >= 4 is 5.97 Å². The number of halogens is 7. The zero-order valence-electron chi connectivity index (χ0n) is 12.7. The van der Waals surface area contributed by atoms with Gasteiger partial charge in [-0.25, -0.2) is 0 Å². The Morgan fingerprint density at radius 3 is 1.96 bits per heavy atom. The molecule has 1 heterocycles. The molecular weight excluding hydrogens is 389 g/mol. The average molecular weight is 404 g/mol. The fraction of sp³-hybridized carbons (Fsp3) is 0.917. The van der Waals surface area contributed by atoms with E-state index in [1.807, 2.05) is 0 Å². The van der Waals surface area contributed by atoms with Gasteiger partial charge in [0.2, 0.25) is 0 Å². The number of carbonyl (C=O) groups excluding carboxylic acids is 1. The van der Waals surface area contributed by atoms with Gasteiger partial charge in [0, 0.05) is 6.42 Å². The van der Waals surface area contributed by atoms with Gasteiger partial charge < -0.3 is 29.9 Å². The second-order valence-corrected chi connectivity index (χ2v) is 5.50. The molecule has 154 valence electrons. The van der Waals surface area contributed by atoms with Gasteiger partial charge >= 0.3 is 24.0 Å². The molecule has 1 aliphatic rings. The Balaban J connectivity index is 2.55. The molecular formula is C12H15F7O7. The molecule has 0 amide bonds. The van der Waals surface area contributed by atoms with E-state index in [-0.39, 0.29) is 0 Å². The van der Waals surface area contributed by atoms with Crippen LogP contribution in [0.25, 0.3) is 0 Å². The summed E-state index contributed by atoms with van der Waals surface area (Å²) in [6.45, 7) is -0.956. The molecule has 5 atom stereocenters. The number of alkyl halides is 7. The third-order valence-corrected chi connectivity index (χ3v) is 3.55. The summed E-state index contributed by atoms with van der Waals surface area (Å²) in [5.41, 5.74) is 0. The maximum Gasteiger partial charge on any atom is 0.459 e. The van der Waals surface area contributed by atoms with Gasteiger partial charge in [-0.05, 0) is 0 Å². The van der Waals surface area contributed by atoms with Gasteiger partial charge in [0.25, 0.3) is 0 Å². The van der Waals surface area contributed by atoms with Crippen molar-refractivity contribution in [1.82, 2.24) is 0 Å². The summed E-state index contributed by atoms with van der Waals surface area (Å²) >= 11 is 0. The minimum absolute atomic E-state index is 0.956. The lowest BCUT2D eigenvalue weighted by atomic mass is 9.99. The van der Waals surface area contributed by atoms with Gasteiger partial charge in [0.05, 0.1) is 6.42 Å². The van der Waals surface area contributed by atoms with Crippen LogP contribution in [0.15, 0.2) is 0 Å². The van der Waals surface area contributed by atoms with Crippen LogP contribution in [0.4, 0.5) is 30.7 Å². The fourth-order valence-electron chi connectivity index (χ4n) is 1.94. The summed E-state index contributed by atoms with van der Waals surface area (Å²) in [5, 5.41) is 37.3. The van der Waals surface area contributed by atoms with Crippen molar-refractivity contribution in [1.29, 1.82) is 0 Å². The molecule has 0 aromatic heterocycles. The van der Waals surface area contributed by atoms with Crippen LogP contribution in [-0.2, 0) is 14.3 Å². The summed E-state index contributed by atoms with van der Waals surface area (Å²) in [4.78, 5) is 11.2. The van der Waals surface area contributed by atoms with Crippen LogP contribution in [0.1, 0.15) is 12.8 Å². The number of aliphatic hydroxyl groups is 4. The van der Waals surface area contributed by atoms with Crippen LogP contribution in [0.3, 0.4) is 0 Å². The Kier molecular flexibility index (Phi) is 6.84. The second-order valence-electron chi connectivity index (χ2n) is 5.50. The SMILES string of the molecule is O=C(CCC(F)(F)C(F)(F)C(F)(F)F)OC[C@H]1OC(O)[C@@H](O)[C@@H](O)[C@@H]1O. The first-order valence-electron chi connectivity index (χ1n) is 6.97. The Morgan fingerprint density at radius 1 is 0.923 bits per heavy atom. The monoisotopic (exact) mass is 404 g/mol. The highest BCUT2D eigenvalue weighted by molar-refractivity contribution is 5.69. The quantitative estimate of drug-likeness (QED) is 0.362. The zero-order valence-corrected chi connectivity index (χ0v) is 12.7. The van der Waals surface area contributed by atoms with Crippen molar-refractivity contribution in [2.45, 2.75) is 61.6 Å². The van der Waals surface area contributed by atoms with Crippen molar-refractivity contribution < 1.29 is 65.4 Å². The van der Waals surface area contributed by atoms with E-state index in [1.54, 1.807) is 0 Å². The standard InChI is InChI=1S/C12H15F7O7/c13-10(14,11(15,16)12(17,18)19)2-1-5(20)25-3-4-6(21)7(22)8(23)9(24)26-4/h4,6-9,21-24H,1-3H2/t4-,6-,7+,8+,9?/m1/s1. The molecule has 7 nitrogen and oxygen atoms in total. The number of hydrogen-bond donors (Lipinski definition) is 4. The van der Waals surface area contributed by atoms with E-state index >= 15 is 0 Å². The van der Waals surface area contributed by atoms with Crippen molar-refractivity contribution in [2.75, 3.05) is 6.61 Å². The van der Waals surface area contributed by atoms with Gasteiger partial charge in [-0.15, -0.1) is 0 Å². The Hall–Kier alpha value is -1.22. The van der Waals surface area contributed by atoms with Crippen LogP contribution in [-0.4, -0.2) is 81.7 Å². The maximum absolute atomic E-state index is 13.0. The molecule has 1 aliphatic heterocycles. The number of ether oxygens (including phenoxy) is 2. The van der Waals surface area contributed by atoms with Crippen LogP contribution in [0.5, 0.6) is 0 Å². The lowest BCUT2D eigenvalue weighted by Crippen LogP contribution is -2.58. The van der Waals surface area contributed by atoms with Gasteiger partial charge in [-0.3, -0.25) is 4.79 Å². The van der Waals surface area contributed by atoms with Crippen LogP contribution in [0, 0.1) is 0 Å². The van der Waals surface area contributed by atoms with Crippen molar-refractivity contribution in [3.05, 3.63) is 0 Å². The molecule has 26 heavy (non-hydrogen) atoms. The highest BCUT2D eigenvalue weighted by Crippen LogP contribution is 2.48. The molecule has 0 spiro atoms. The van der Waals surface area contributed by atoms with Crippen LogP contribution in [0.2, 0.25) is 0 Å². The normalized spacial score (nSPS) is 31.0. The van der Waals surface area contributed by atoms with E-state index in [9.17, 15) is 56.0 Å². The summed E-state index contributed by atoms with van der Waals surface area (Å²) in [6.07, 6.45) is -19.5. The number of carbonyl (C=O) groups is 1. The Labute approximate surface area is 140 Å². The zero-order chi connectivity index (χ0) is 20.5. The third kappa shape index (κ3) is 4.73. The summed E-state index contributed by atoms with van der Waals surface area (Å²) in [7, 11) is 0. The van der Waals surface area contributed by atoms with Crippen LogP contribution >= 0.6 is 0 Å². The molecule has 0 saturated carbocycles. The Morgan fingerprint density at radius 2 is 1.46 bits per heavy atom. The highest BCUT2D eigenvalue weighted by Gasteiger charge is 2.72. The molecule has 0 radical (unpaired) electrons. The molecule has 0 bridgehead atoms. The number of esters is 1. The van der Waals surface area contributed by atoms with Gasteiger partial charge in [0.1, 0.15) is 31.0 Å². The second kappa shape index (κ2) is 7.80. The molecule has 1 unspecified atom stereocenters. The third-order valence-electron chi connectivity index (χ3n) is 3.55. The topological polar surface area (TPSA) is 116 Å². The minimum atomic E-state index is -6.52. The summed E-state index contributed by atoms with van der Waals surface area (Å²) < 4.78 is 96.0. The largest absolute Gasteiger partial charge is 0.463 e. The summed E-state index contributed by atoms with van der Waals surface area (Å²) in [5.74, 6) is -13.5. The lowest BCUT2D eigenvalue weighted by Gasteiger charge is -2.37. The van der Waals surface area contributed by atoms with Gasteiger partial charge in [0.15, 0.2) is 6.29 Å². The molecule has 0 aliphatic carbocycles. The average Bonchev–Trinajstić information content (AvgIpc) is 2.51. The number of rotatable bonds is 6. The predicted octanol–water partition coefficient (Wildman–Crippen LogP) is -0.0574. The maximum atomic E-state index is 13.0. The molecule has 4 N–H and O–H groups in total. The molecule has 0 aromatic carbocycles. The molecule has 1 fully saturated rings. The smallest absolute Gasteiger partial charge is 0.459 e. The fourth-order valence-corrected chi connectivity index (χ4v) is 1.94. The van der Waals surface area contributed by atoms with Crippen molar-refractivity contribution in [2.24, 2.45) is 0 Å². The van der Waals surface area contributed by atoms with E-state index in [2.05, 4.69) is 9.47 Å². The number of aliphatic hydroxyl groups excluding tert-OH is 4. The first-order chi connectivity index (χ1) is 11.6. The van der Waals surface area contributed by atoms with E-state index < -0.39 is 74.1 Å². The Bertz CT molecular complexity index is 499. The van der Waals surface area contributed by atoms with Gasteiger partial charge in [-0.2, -0.15) is 30.7 Å². The van der Waals surface area contributed by atoms with E-state index in [0.717, 1.165) is 0 Å². The highest BCUT2D eigenvalue weighted by atomic mass is 19.4. The minimum Gasteiger partial charge on any atom is -0.463 e. The summed E-state index contributed by atoms with van der Waals surface area (Å²) in [6, 6.07) is 0. The molecule has 0 aromatic rings.